The molecule has 3 aromatic rings. The molecule has 26 heavy (non-hydrogen) atoms. The Labute approximate surface area is 149 Å². The van der Waals surface area contributed by atoms with E-state index in [0.717, 1.165) is 24.9 Å². The number of carbonyl (C=O) groups is 1. The largest absolute Gasteiger partial charge is 0.421 e. The minimum absolute atomic E-state index is 0.0698. The van der Waals surface area contributed by atoms with E-state index in [4.69, 9.17) is 4.42 Å². The second-order valence-electron chi connectivity index (χ2n) is 6.40. The molecule has 2 aromatic heterocycles. The van der Waals surface area contributed by atoms with E-state index in [-0.39, 0.29) is 17.6 Å². The van der Waals surface area contributed by atoms with Gasteiger partial charge in [0.2, 0.25) is 5.91 Å². The Hall–Kier alpha value is -3.00. The first-order valence-corrected chi connectivity index (χ1v) is 8.58. The third kappa shape index (κ3) is 3.36. The van der Waals surface area contributed by atoms with E-state index in [2.05, 4.69) is 20.2 Å². The molecule has 1 N–H and O–H groups in total. The zero-order valence-electron chi connectivity index (χ0n) is 14.2. The number of hydrogen-bond acceptors (Lipinski definition) is 6. The zero-order valence-corrected chi connectivity index (χ0v) is 14.2. The number of hydrogen-bond donors (Lipinski definition) is 1. The van der Waals surface area contributed by atoms with Gasteiger partial charge in [0.15, 0.2) is 11.4 Å². The minimum atomic E-state index is -0.377. The van der Waals surface area contributed by atoms with Gasteiger partial charge < -0.3 is 9.73 Å². The average molecular weight is 353 g/mol. The molecule has 1 aromatic carbocycles. The van der Waals surface area contributed by atoms with Gasteiger partial charge in [0.1, 0.15) is 0 Å². The molecule has 0 aliphatic carbocycles. The molecule has 0 saturated carbocycles. The van der Waals surface area contributed by atoms with E-state index in [9.17, 15) is 9.59 Å². The Morgan fingerprint density at radius 1 is 1.31 bits per heavy atom. The van der Waals surface area contributed by atoms with Gasteiger partial charge in [-0.25, -0.2) is 9.78 Å². The smallest absolute Gasteiger partial charge is 0.408 e. The number of fused-ring (bicyclic) bond motifs is 1. The highest BCUT2D eigenvalue weighted by atomic mass is 16.4. The topological polar surface area (TPSA) is 93.3 Å². The van der Waals surface area contributed by atoms with Crippen molar-refractivity contribution in [1.82, 2.24) is 19.4 Å². The van der Waals surface area contributed by atoms with Crippen molar-refractivity contribution in [2.24, 2.45) is 5.92 Å². The number of rotatable bonds is 4. The summed E-state index contributed by atoms with van der Waals surface area (Å²) < 4.78 is 6.89. The molecule has 1 aliphatic rings. The number of anilines is 1. The lowest BCUT2D eigenvalue weighted by Gasteiger charge is -2.31. The molecule has 0 radical (unpaired) electrons. The summed E-state index contributed by atoms with van der Waals surface area (Å²) in [6.07, 6.45) is 6.33. The molecule has 8 heteroatoms. The molecule has 1 fully saturated rings. The number of likely N-dealkylation sites (tertiary alicyclic amines) is 1. The van der Waals surface area contributed by atoms with Crippen LogP contribution < -0.4 is 11.1 Å². The van der Waals surface area contributed by atoms with Gasteiger partial charge in [0.05, 0.1) is 24.3 Å². The van der Waals surface area contributed by atoms with Crippen LogP contribution in [0.5, 0.6) is 0 Å². The van der Waals surface area contributed by atoms with Gasteiger partial charge in [-0.2, -0.15) is 0 Å². The molecule has 1 atom stereocenters. The van der Waals surface area contributed by atoms with Crippen molar-refractivity contribution < 1.29 is 9.21 Å². The van der Waals surface area contributed by atoms with Crippen molar-refractivity contribution in [1.29, 1.82) is 0 Å². The summed E-state index contributed by atoms with van der Waals surface area (Å²) in [6.45, 7) is 1.82. The fraction of sp³-hybridized carbons (Fsp3) is 0.333. The van der Waals surface area contributed by atoms with Crippen LogP contribution in [0.2, 0.25) is 0 Å². The molecule has 1 amide bonds. The van der Waals surface area contributed by atoms with Gasteiger partial charge in [-0.1, -0.05) is 12.1 Å². The van der Waals surface area contributed by atoms with Crippen LogP contribution in [-0.2, 0) is 11.5 Å². The Bertz CT molecular complexity index is 966. The van der Waals surface area contributed by atoms with E-state index in [1.807, 2.05) is 18.2 Å². The number of nitrogens with zero attached hydrogens (tertiary/aromatic N) is 4. The number of carbonyl (C=O) groups excluding carboxylic acids is 1. The van der Waals surface area contributed by atoms with Crippen LogP contribution in [0.15, 0.2) is 52.1 Å². The maximum Gasteiger partial charge on any atom is 0.421 e. The predicted molar refractivity (Wildman–Crippen MR) is 95.4 cm³/mol. The number of nitrogens with one attached hydrogen (secondary N) is 1. The quantitative estimate of drug-likeness (QED) is 0.767. The van der Waals surface area contributed by atoms with Crippen LogP contribution in [0.25, 0.3) is 11.1 Å². The second kappa shape index (κ2) is 7.09. The highest BCUT2D eigenvalue weighted by molar-refractivity contribution is 5.91. The van der Waals surface area contributed by atoms with Crippen LogP contribution in [0.4, 0.5) is 5.82 Å². The molecule has 0 unspecified atom stereocenters. The second-order valence-corrected chi connectivity index (χ2v) is 6.40. The maximum atomic E-state index is 12.5. The number of amides is 1. The molecule has 0 spiro atoms. The highest BCUT2D eigenvalue weighted by Crippen LogP contribution is 2.20. The lowest BCUT2D eigenvalue weighted by molar-refractivity contribution is -0.121. The summed E-state index contributed by atoms with van der Waals surface area (Å²) >= 11 is 0. The summed E-state index contributed by atoms with van der Waals surface area (Å²) in [7, 11) is 0. The highest BCUT2D eigenvalue weighted by Gasteiger charge is 2.27. The Morgan fingerprint density at radius 3 is 3.04 bits per heavy atom. The first-order chi connectivity index (χ1) is 12.7. The molecular formula is C18H19N5O3. The van der Waals surface area contributed by atoms with Crippen LogP contribution in [-0.4, -0.2) is 38.4 Å². The van der Waals surface area contributed by atoms with Crippen molar-refractivity contribution in [3.63, 3.8) is 0 Å². The lowest BCUT2D eigenvalue weighted by atomic mass is 9.97. The minimum Gasteiger partial charge on any atom is -0.408 e. The van der Waals surface area contributed by atoms with Crippen molar-refractivity contribution in [2.45, 2.75) is 19.5 Å². The molecular weight excluding hydrogens is 334 g/mol. The number of aromatic nitrogens is 3. The SMILES string of the molecule is O=C(Nc1cnccn1)[C@@H]1CCCN(Cn2c(=O)oc3ccccc32)C1. The Kier molecular flexibility index (Phi) is 4.49. The molecule has 8 nitrogen and oxygen atoms in total. The average Bonchev–Trinajstić information content (AvgIpc) is 2.98. The monoisotopic (exact) mass is 353 g/mol. The van der Waals surface area contributed by atoms with E-state index in [1.54, 1.807) is 23.0 Å². The van der Waals surface area contributed by atoms with E-state index >= 15 is 0 Å². The summed E-state index contributed by atoms with van der Waals surface area (Å²) in [5, 5.41) is 2.81. The van der Waals surface area contributed by atoms with Gasteiger partial charge in [-0.15, -0.1) is 0 Å². The summed E-state index contributed by atoms with van der Waals surface area (Å²) in [4.78, 5) is 34.8. The van der Waals surface area contributed by atoms with Crippen LogP contribution in [0, 0.1) is 5.92 Å². The van der Waals surface area contributed by atoms with Crippen molar-refractivity contribution in [3.8, 4) is 0 Å². The van der Waals surface area contributed by atoms with Gasteiger partial charge in [-0.05, 0) is 31.5 Å². The first kappa shape index (κ1) is 16.5. The van der Waals surface area contributed by atoms with Gasteiger partial charge in [-0.3, -0.25) is 19.2 Å². The zero-order chi connectivity index (χ0) is 17.9. The molecule has 4 rings (SSSR count). The van der Waals surface area contributed by atoms with Gasteiger partial charge in [0, 0.05) is 18.9 Å². The van der Waals surface area contributed by atoms with Crippen LogP contribution in [0.1, 0.15) is 12.8 Å². The lowest BCUT2D eigenvalue weighted by Crippen LogP contribution is -2.42. The van der Waals surface area contributed by atoms with Crippen molar-refractivity contribution in [3.05, 3.63) is 53.4 Å². The number of piperidine rings is 1. The Balaban J connectivity index is 1.46. The van der Waals surface area contributed by atoms with Crippen molar-refractivity contribution >= 4 is 22.8 Å². The standard InChI is InChI=1S/C18H19N5O3/c24-17(21-16-10-19-7-8-20-16)13-4-3-9-22(11-13)12-23-14-5-1-2-6-15(14)26-18(23)25/h1-2,5-8,10,13H,3-4,9,11-12H2,(H,20,21,24)/t13-/m1/s1. The molecule has 1 aliphatic heterocycles. The summed E-state index contributed by atoms with van der Waals surface area (Å²) in [5.41, 5.74) is 1.34. The predicted octanol–water partition coefficient (Wildman–Crippen LogP) is 1.69. The van der Waals surface area contributed by atoms with E-state index in [0.29, 0.717) is 24.6 Å². The number of benzene rings is 1. The number of oxazole rings is 1. The summed E-state index contributed by atoms with van der Waals surface area (Å²) in [6, 6.07) is 7.35. The van der Waals surface area contributed by atoms with Crippen LogP contribution >= 0.6 is 0 Å². The maximum absolute atomic E-state index is 12.5. The van der Waals surface area contributed by atoms with Gasteiger partial charge >= 0.3 is 5.76 Å². The third-order valence-electron chi connectivity index (χ3n) is 4.61. The fourth-order valence-corrected chi connectivity index (χ4v) is 3.34. The van der Waals surface area contributed by atoms with Crippen molar-refractivity contribution in [2.75, 3.05) is 18.4 Å². The van der Waals surface area contributed by atoms with Gasteiger partial charge in [0.25, 0.3) is 0 Å². The molecule has 0 bridgehead atoms. The normalized spacial score (nSPS) is 18.1. The molecule has 134 valence electrons. The fourth-order valence-electron chi connectivity index (χ4n) is 3.34. The van der Waals surface area contributed by atoms with E-state index in [1.165, 1.54) is 6.20 Å². The Morgan fingerprint density at radius 2 is 2.19 bits per heavy atom. The molecule has 3 heterocycles. The number of para-hydroxylation sites is 2. The third-order valence-corrected chi connectivity index (χ3v) is 4.61. The molecule has 1 saturated heterocycles. The first-order valence-electron chi connectivity index (χ1n) is 8.58. The van der Waals surface area contributed by atoms with E-state index < -0.39 is 0 Å². The summed E-state index contributed by atoms with van der Waals surface area (Å²) in [5.74, 6) is -0.150. The van der Waals surface area contributed by atoms with Crippen LogP contribution in [0.3, 0.4) is 0 Å².